The number of nitrogens with two attached hydrogens (primary N) is 1. The SMILES string of the molecule is CNS1([C@@H](C)O)C[C@@](C)(c2cc(NC(=O)c3ccc(F)cn3)ccc2F)N=C(N)C1(C)C. The van der Waals surface area contributed by atoms with E-state index < -0.39 is 43.5 Å². The fourth-order valence-electron chi connectivity index (χ4n) is 4.15. The van der Waals surface area contributed by atoms with Crippen molar-refractivity contribution in [3.63, 3.8) is 0 Å². The molecule has 7 nitrogen and oxygen atoms in total. The quantitative estimate of drug-likeness (QED) is 0.542. The topological polar surface area (TPSA) is 113 Å². The fourth-order valence-corrected chi connectivity index (χ4v) is 8.12. The molecule has 1 amide bonds. The van der Waals surface area contributed by atoms with Gasteiger partial charge in [0.1, 0.15) is 23.2 Å². The summed E-state index contributed by atoms with van der Waals surface area (Å²) in [5.41, 5.74) is 5.16. The summed E-state index contributed by atoms with van der Waals surface area (Å²) in [7, 11) is -0.216. The largest absolute Gasteiger partial charge is 0.386 e. The zero-order chi connectivity index (χ0) is 23.9. The molecule has 0 fully saturated rings. The minimum absolute atomic E-state index is 0.0258. The Morgan fingerprint density at radius 3 is 2.50 bits per heavy atom. The van der Waals surface area contributed by atoms with Gasteiger partial charge in [0.05, 0.1) is 21.9 Å². The number of nitrogens with one attached hydrogen (secondary N) is 2. The number of carbonyl (C=O) groups is 1. The van der Waals surface area contributed by atoms with Crippen molar-refractivity contribution in [1.82, 2.24) is 9.71 Å². The molecular formula is C22H29F2N5O2S. The highest BCUT2D eigenvalue weighted by Crippen LogP contribution is 2.64. The number of aliphatic imine (C=N–C) groups is 1. The van der Waals surface area contributed by atoms with Crippen molar-refractivity contribution < 1.29 is 18.7 Å². The van der Waals surface area contributed by atoms with Gasteiger partial charge >= 0.3 is 0 Å². The standard InChI is InChI=1S/C22H29F2N5O2S/c1-13(30)32(26-5)12-22(4,29-20(25)21(32,2)3)16-10-15(7-8-17(16)24)28-19(31)18-9-6-14(23)11-27-18/h6-11,13,26,30H,12H2,1-5H3,(H2,25,29)(H,28,31)/t13-,22-/m0/s1. The Bertz CT molecular complexity index is 1060. The van der Waals surface area contributed by atoms with Gasteiger partial charge in [0.15, 0.2) is 0 Å². The zero-order valence-corrected chi connectivity index (χ0v) is 19.6. The lowest BCUT2D eigenvalue weighted by atomic mass is 9.92. The van der Waals surface area contributed by atoms with Crippen LogP contribution in [0.3, 0.4) is 0 Å². The van der Waals surface area contributed by atoms with E-state index in [2.05, 4.69) is 20.0 Å². The maximum absolute atomic E-state index is 15.0. The lowest BCUT2D eigenvalue weighted by Gasteiger charge is -2.59. The van der Waals surface area contributed by atoms with Gasteiger partial charge in [-0.25, -0.2) is 13.8 Å². The molecule has 5 N–H and O–H groups in total. The Morgan fingerprint density at radius 1 is 1.25 bits per heavy atom. The molecule has 0 saturated heterocycles. The third-order valence-corrected chi connectivity index (χ3v) is 11.1. The number of anilines is 1. The van der Waals surface area contributed by atoms with Crippen LogP contribution in [0.5, 0.6) is 0 Å². The summed E-state index contributed by atoms with van der Waals surface area (Å²) in [5, 5.41) is 13.4. The van der Waals surface area contributed by atoms with Crippen LogP contribution in [0.25, 0.3) is 0 Å². The van der Waals surface area contributed by atoms with Crippen molar-refractivity contribution in [2.45, 2.75) is 43.4 Å². The van der Waals surface area contributed by atoms with Crippen molar-refractivity contribution in [3.8, 4) is 0 Å². The number of aliphatic hydroxyl groups is 1. The van der Waals surface area contributed by atoms with Gasteiger partial charge < -0.3 is 16.2 Å². The summed E-state index contributed by atoms with van der Waals surface area (Å²) in [4.78, 5) is 20.9. The van der Waals surface area contributed by atoms with Crippen LogP contribution in [-0.4, -0.2) is 44.8 Å². The minimum atomic E-state index is -1.98. The monoisotopic (exact) mass is 465 g/mol. The summed E-state index contributed by atoms with van der Waals surface area (Å²) >= 11 is 0. The maximum atomic E-state index is 15.0. The Kier molecular flexibility index (Phi) is 6.34. The number of amides is 1. The molecule has 0 aliphatic carbocycles. The lowest BCUT2D eigenvalue weighted by molar-refractivity contribution is 0.102. The number of benzene rings is 1. The molecule has 0 saturated carbocycles. The fraction of sp³-hybridized carbons (Fsp3) is 0.409. The predicted molar refractivity (Wildman–Crippen MR) is 125 cm³/mol. The van der Waals surface area contributed by atoms with E-state index in [-0.39, 0.29) is 11.3 Å². The van der Waals surface area contributed by atoms with E-state index in [1.807, 2.05) is 13.8 Å². The smallest absolute Gasteiger partial charge is 0.274 e. The van der Waals surface area contributed by atoms with Crippen LogP contribution in [0.15, 0.2) is 41.5 Å². The molecule has 1 unspecified atom stereocenters. The van der Waals surface area contributed by atoms with Gasteiger partial charge in [-0.2, -0.15) is 0 Å². The molecule has 32 heavy (non-hydrogen) atoms. The molecule has 2 heterocycles. The lowest BCUT2D eigenvalue weighted by Crippen LogP contribution is -2.58. The molecule has 0 radical (unpaired) electrons. The van der Waals surface area contributed by atoms with E-state index in [9.17, 15) is 14.3 Å². The molecule has 3 rings (SSSR count). The molecule has 0 spiro atoms. The van der Waals surface area contributed by atoms with E-state index in [0.717, 1.165) is 12.3 Å². The van der Waals surface area contributed by atoms with Gasteiger partial charge in [-0.15, -0.1) is 10.2 Å². The van der Waals surface area contributed by atoms with Crippen LogP contribution in [-0.2, 0) is 5.54 Å². The van der Waals surface area contributed by atoms with E-state index in [1.54, 1.807) is 20.9 Å². The Morgan fingerprint density at radius 2 is 1.94 bits per heavy atom. The van der Waals surface area contributed by atoms with Crippen LogP contribution in [0.4, 0.5) is 14.5 Å². The molecule has 1 aromatic carbocycles. The number of halogens is 2. The van der Waals surface area contributed by atoms with E-state index in [1.165, 1.54) is 24.3 Å². The molecule has 2 aromatic rings. The first-order chi connectivity index (χ1) is 14.9. The zero-order valence-electron chi connectivity index (χ0n) is 18.7. The molecule has 1 aromatic heterocycles. The number of nitrogens with zero attached hydrogens (tertiary/aromatic N) is 2. The van der Waals surface area contributed by atoms with Crippen molar-refractivity contribution in [3.05, 3.63) is 59.4 Å². The van der Waals surface area contributed by atoms with E-state index in [4.69, 9.17) is 5.73 Å². The second kappa shape index (κ2) is 8.42. The van der Waals surface area contributed by atoms with Crippen LogP contribution in [0, 0.1) is 11.6 Å². The highest BCUT2D eigenvalue weighted by atomic mass is 32.3. The predicted octanol–water partition coefficient (Wildman–Crippen LogP) is 3.25. The average Bonchev–Trinajstić information content (AvgIpc) is 2.72. The Balaban J connectivity index is 2.02. The molecule has 1 aliphatic rings. The number of aromatic nitrogens is 1. The van der Waals surface area contributed by atoms with Crippen molar-refractivity contribution >= 4 is 27.6 Å². The highest BCUT2D eigenvalue weighted by molar-refractivity contribution is 8.34. The second-order valence-electron chi connectivity index (χ2n) is 8.53. The number of hydrogen-bond donors (Lipinski definition) is 4. The third kappa shape index (κ3) is 3.98. The van der Waals surface area contributed by atoms with Crippen LogP contribution < -0.4 is 15.8 Å². The van der Waals surface area contributed by atoms with Gasteiger partial charge in [-0.1, -0.05) is 0 Å². The summed E-state index contributed by atoms with van der Waals surface area (Å²) in [6.45, 7) is 7.32. The first-order valence-corrected chi connectivity index (χ1v) is 12.0. The van der Waals surface area contributed by atoms with Crippen LogP contribution in [0.2, 0.25) is 0 Å². The number of hydrogen-bond acceptors (Lipinski definition) is 6. The Labute approximate surface area is 188 Å². The summed E-state index contributed by atoms with van der Waals surface area (Å²) < 4.78 is 30.8. The average molecular weight is 466 g/mol. The van der Waals surface area contributed by atoms with E-state index in [0.29, 0.717) is 17.3 Å². The van der Waals surface area contributed by atoms with Gasteiger partial charge in [0, 0.05) is 17.0 Å². The summed E-state index contributed by atoms with van der Waals surface area (Å²) in [5.74, 6) is -0.949. The normalized spacial score (nSPS) is 27.7. The van der Waals surface area contributed by atoms with Crippen molar-refractivity contribution in [2.24, 2.45) is 10.7 Å². The van der Waals surface area contributed by atoms with Gasteiger partial charge in [-0.3, -0.25) is 14.5 Å². The van der Waals surface area contributed by atoms with Crippen LogP contribution in [0.1, 0.15) is 43.7 Å². The maximum Gasteiger partial charge on any atom is 0.274 e. The number of aliphatic hydroxyl groups excluding tert-OH is 1. The second-order valence-corrected chi connectivity index (χ2v) is 12.5. The molecule has 0 bridgehead atoms. The number of pyridine rings is 1. The third-order valence-electron chi connectivity index (χ3n) is 6.11. The number of amidine groups is 1. The van der Waals surface area contributed by atoms with Crippen molar-refractivity contribution in [2.75, 3.05) is 18.1 Å². The molecule has 1 aliphatic heterocycles. The van der Waals surface area contributed by atoms with Gasteiger partial charge in [0.25, 0.3) is 5.91 Å². The summed E-state index contributed by atoms with van der Waals surface area (Å²) in [6.07, 6.45) is 0.948. The minimum Gasteiger partial charge on any atom is -0.386 e. The van der Waals surface area contributed by atoms with Gasteiger partial charge in [0.2, 0.25) is 0 Å². The van der Waals surface area contributed by atoms with Crippen molar-refractivity contribution in [1.29, 1.82) is 0 Å². The first-order valence-electron chi connectivity index (χ1n) is 10.1. The summed E-state index contributed by atoms with van der Waals surface area (Å²) in [6, 6.07) is 6.58. The van der Waals surface area contributed by atoms with E-state index >= 15 is 4.39 Å². The molecule has 3 atom stereocenters. The van der Waals surface area contributed by atoms with Gasteiger partial charge in [-0.05, 0) is 65.1 Å². The molecular weight excluding hydrogens is 436 g/mol. The number of carbonyl (C=O) groups excluding carboxylic acids is 1. The van der Waals surface area contributed by atoms with Crippen LogP contribution >= 0.6 is 10.2 Å². The Hall–Kier alpha value is -2.56. The highest BCUT2D eigenvalue weighted by Gasteiger charge is 2.54. The first kappa shape index (κ1) is 24.1. The molecule has 10 heteroatoms. The molecule has 174 valence electrons. The number of rotatable bonds is 5.